The number of oxime groups is 1. The molecule has 2 amide bonds. The molecule has 0 aromatic carbocycles. The Bertz CT molecular complexity index is 1000. The van der Waals surface area contributed by atoms with E-state index in [9.17, 15) is 19.6 Å². The number of nitrogens with one attached hydrogen (secondary N) is 2. The SMILES string of the molecule is CC(C)CC(=O)NC(=NO)c1cnn2c(C3CCN(C(=O)O)CC3)cc(=O)[nH]c12. The summed E-state index contributed by atoms with van der Waals surface area (Å²) >= 11 is 0. The molecule has 0 unspecified atom stereocenters. The number of hydrogen-bond donors (Lipinski definition) is 4. The summed E-state index contributed by atoms with van der Waals surface area (Å²) in [4.78, 5) is 39.5. The van der Waals surface area contributed by atoms with Crippen LogP contribution in [-0.2, 0) is 4.79 Å². The first-order chi connectivity index (χ1) is 13.8. The van der Waals surface area contributed by atoms with Crippen molar-refractivity contribution in [2.75, 3.05) is 13.1 Å². The van der Waals surface area contributed by atoms with Gasteiger partial charge in [-0.15, -0.1) is 0 Å². The molecular weight excluding hydrogens is 380 g/mol. The maximum atomic E-state index is 12.3. The van der Waals surface area contributed by atoms with Crippen LogP contribution in [0.15, 0.2) is 22.2 Å². The van der Waals surface area contributed by atoms with Gasteiger partial charge < -0.3 is 25.5 Å². The average Bonchev–Trinajstić information content (AvgIpc) is 3.08. The molecule has 0 aliphatic carbocycles. The number of carboxylic acid groups (broad SMARTS) is 1. The highest BCUT2D eigenvalue weighted by Gasteiger charge is 2.27. The van der Waals surface area contributed by atoms with Crippen LogP contribution in [0, 0.1) is 5.92 Å². The van der Waals surface area contributed by atoms with Crippen LogP contribution in [0.25, 0.3) is 5.65 Å². The van der Waals surface area contributed by atoms with Crippen LogP contribution in [0.5, 0.6) is 0 Å². The Morgan fingerprint density at radius 2 is 2.07 bits per heavy atom. The van der Waals surface area contributed by atoms with Gasteiger partial charge in [0.2, 0.25) is 5.91 Å². The number of rotatable bonds is 4. The Balaban J connectivity index is 1.92. The van der Waals surface area contributed by atoms with Gasteiger partial charge in [-0.3, -0.25) is 9.59 Å². The molecule has 0 spiro atoms. The summed E-state index contributed by atoms with van der Waals surface area (Å²) in [6, 6.07) is 1.44. The number of nitrogens with zero attached hydrogens (tertiary/aromatic N) is 4. The average molecular weight is 404 g/mol. The number of likely N-dealkylation sites (tertiary alicyclic amines) is 1. The van der Waals surface area contributed by atoms with Crippen molar-refractivity contribution in [3.63, 3.8) is 0 Å². The number of H-pyrrole nitrogens is 1. The predicted octanol–water partition coefficient (Wildman–Crippen LogP) is 1.18. The molecule has 1 aliphatic heterocycles. The van der Waals surface area contributed by atoms with E-state index in [4.69, 9.17) is 5.11 Å². The lowest BCUT2D eigenvalue weighted by Crippen LogP contribution is -2.37. The van der Waals surface area contributed by atoms with Crippen LogP contribution < -0.4 is 10.9 Å². The molecule has 2 aromatic heterocycles. The number of hydrogen-bond acceptors (Lipinski definition) is 6. The zero-order chi connectivity index (χ0) is 21.1. The lowest BCUT2D eigenvalue weighted by molar-refractivity contribution is -0.120. The van der Waals surface area contributed by atoms with Gasteiger partial charge in [0.15, 0.2) is 5.84 Å². The highest BCUT2D eigenvalue weighted by Crippen LogP contribution is 2.27. The van der Waals surface area contributed by atoms with Gasteiger partial charge in [-0.05, 0) is 18.8 Å². The van der Waals surface area contributed by atoms with Gasteiger partial charge >= 0.3 is 6.09 Å². The van der Waals surface area contributed by atoms with E-state index in [1.54, 1.807) is 0 Å². The Labute approximate surface area is 166 Å². The first-order valence-electron chi connectivity index (χ1n) is 9.41. The molecule has 1 aliphatic rings. The van der Waals surface area contributed by atoms with E-state index in [0.717, 1.165) is 0 Å². The number of piperidine rings is 1. The van der Waals surface area contributed by atoms with Crippen LogP contribution in [-0.4, -0.2) is 60.7 Å². The summed E-state index contributed by atoms with van der Waals surface area (Å²) in [6.45, 7) is 4.53. The molecule has 0 atom stereocenters. The summed E-state index contributed by atoms with van der Waals surface area (Å²) < 4.78 is 1.54. The second-order valence-electron chi connectivity index (χ2n) is 7.52. The second kappa shape index (κ2) is 8.33. The van der Waals surface area contributed by atoms with Gasteiger partial charge in [0.25, 0.3) is 5.56 Å². The Hall–Kier alpha value is -3.37. The molecule has 3 rings (SSSR count). The highest BCUT2D eigenvalue weighted by atomic mass is 16.4. The molecule has 11 heteroatoms. The molecule has 11 nitrogen and oxygen atoms in total. The molecule has 29 heavy (non-hydrogen) atoms. The van der Waals surface area contributed by atoms with E-state index < -0.39 is 6.09 Å². The maximum Gasteiger partial charge on any atom is 0.407 e. The Morgan fingerprint density at radius 3 is 2.66 bits per heavy atom. The van der Waals surface area contributed by atoms with Crippen molar-refractivity contribution in [2.24, 2.45) is 11.1 Å². The fourth-order valence-electron chi connectivity index (χ4n) is 3.54. The normalized spacial score (nSPS) is 15.8. The summed E-state index contributed by atoms with van der Waals surface area (Å²) in [5, 5.41) is 28.5. The smallest absolute Gasteiger partial charge is 0.407 e. The van der Waals surface area contributed by atoms with E-state index in [1.807, 2.05) is 13.8 Å². The van der Waals surface area contributed by atoms with Crippen molar-refractivity contribution >= 4 is 23.5 Å². The van der Waals surface area contributed by atoms with E-state index in [2.05, 4.69) is 20.6 Å². The molecule has 3 heterocycles. The molecule has 0 bridgehead atoms. The minimum absolute atomic E-state index is 0.0480. The van der Waals surface area contributed by atoms with Crippen molar-refractivity contribution in [2.45, 2.75) is 39.0 Å². The molecule has 1 saturated heterocycles. The molecular formula is C18H24N6O5. The zero-order valence-electron chi connectivity index (χ0n) is 16.3. The lowest BCUT2D eigenvalue weighted by Gasteiger charge is -2.30. The van der Waals surface area contributed by atoms with Crippen LogP contribution in [0.2, 0.25) is 0 Å². The van der Waals surface area contributed by atoms with Crippen LogP contribution >= 0.6 is 0 Å². The van der Waals surface area contributed by atoms with E-state index in [-0.39, 0.29) is 41.1 Å². The van der Waals surface area contributed by atoms with Crippen molar-refractivity contribution in [3.05, 3.63) is 33.9 Å². The van der Waals surface area contributed by atoms with Gasteiger partial charge in [0.05, 0.1) is 17.5 Å². The second-order valence-corrected chi connectivity index (χ2v) is 7.52. The standard InChI is InChI=1S/C18H24N6O5/c1-10(2)7-14(25)20-16(22-29)12-9-19-24-13(8-15(26)21-17(12)24)11-3-5-23(6-4-11)18(27)28/h8-11,29H,3-7H2,1-2H3,(H,21,26)(H,27,28)(H,20,22,25). The fourth-order valence-corrected chi connectivity index (χ4v) is 3.54. The third-order valence-corrected chi connectivity index (χ3v) is 4.92. The third kappa shape index (κ3) is 4.39. The number of carbonyl (C=O) groups excluding carboxylic acids is 1. The molecule has 2 aromatic rings. The summed E-state index contributed by atoms with van der Waals surface area (Å²) in [6.07, 6.45) is 1.83. The topological polar surface area (TPSA) is 152 Å². The van der Waals surface area contributed by atoms with Crippen LogP contribution in [0.4, 0.5) is 4.79 Å². The number of aromatic amines is 1. The summed E-state index contributed by atoms with van der Waals surface area (Å²) in [7, 11) is 0. The summed E-state index contributed by atoms with van der Waals surface area (Å²) in [5.74, 6) is -0.332. The minimum atomic E-state index is -0.957. The largest absolute Gasteiger partial charge is 0.465 e. The number of carbonyl (C=O) groups is 2. The van der Waals surface area contributed by atoms with Crippen molar-refractivity contribution in [3.8, 4) is 0 Å². The third-order valence-electron chi connectivity index (χ3n) is 4.92. The predicted molar refractivity (Wildman–Crippen MR) is 103 cm³/mol. The van der Waals surface area contributed by atoms with Crippen LogP contribution in [0.1, 0.15) is 50.3 Å². The van der Waals surface area contributed by atoms with E-state index in [0.29, 0.717) is 37.3 Å². The molecule has 1 fully saturated rings. The zero-order valence-corrected chi connectivity index (χ0v) is 16.3. The maximum absolute atomic E-state index is 12.3. The fraction of sp³-hybridized carbons (Fsp3) is 0.500. The number of amidine groups is 1. The van der Waals surface area contributed by atoms with Gasteiger partial charge in [0, 0.05) is 31.5 Å². The van der Waals surface area contributed by atoms with Crippen LogP contribution in [0.3, 0.4) is 0 Å². The first kappa shape index (κ1) is 20.4. The van der Waals surface area contributed by atoms with E-state index >= 15 is 0 Å². The monoisotopic (exact) mass is 404 g/mol. The number of fused-ring (bicyclic) bond motifs is 1. The molecule has 4 N–H and O–H groups in total. The molecule has 156 valence electrons. The van der Waals surface area contributed by atoms with Gasteiger partial charge in [-0.1, -0.05) is 19.0 Å². The van der Waals surface area contributed by atoms with Gasteiger partial charge in [-0.25, -0.2) is 9.31 Å². The molecule has 0 radical (unpaired) electrons. The quantitative estimate of drug-likeness (QED) is 0.260. The number of amides is 2. The van der Waals surface area contributed by atoms with E-state index in [1.165, 1.54) is 21.7 Å². The van der Waals surface area contributed by atoms with Crippen molar-refractivity contribution in [1.29, 1.82) is 0 Å². The lowest BCUT2D eigenvalue weighted by atomic mass is 9.93. The first-order valence-corrected chi connectivity index (χ1v) is 9.41. The molecule has 0 saturated carbocycles. The highest BCUT2D eigenvalue weighted by molar-refractivity contribution is 6.10. The van der Waals surface area contributed by atoms with Gasteiger partial charge in [0.1, 0.15) is 5.65 Å². The Morgan fingerprint density at radius 1 is 1.38 bits per heavy atom. The van der Waals surface area contributed by atoms with Gasteiger partial charge in [-0.2, -0.15) is 5.10 Å². The van der Waals surface area contributed by atoms with Crippen molar-refractivity contribution < 1.29 is 19.9 Å². The number of aromatic nitrogens is 3. The van der Waals surface area contributed by atoms with Crippen molar-refractivity contribution in [1.82, 2.24) is 24.8 Å². The minimum Gasteiger partial charge on any atom is -0.465 e. The summed E-state index contributed by atoms with van der Waals surface area (Å²) in [5.41, 5.74) is 0.865. The Kier molecular flexibility index (Phi) is 5.85.